The summed E-state index contributed by atoms with van der Waals surface area (Å²) in [6.45, 7) is 0. The predicted octanol–water partition coefficient (Wildman–Crippen LogP) is 5.37. The van der Waals surface area contributed by atoms with Crippen molar-refractivity contribution in [2.24, 2.45) is 11.7 Å². The minimum absolute atomic E-state index is 0.00969. The first-order valence-electron chi connectivity index (χ1n) is 12.8. The van der Waals surface area contributed by atoms with Crippen LogP contribution in [-0.4, -0.2) is 22.5 Å². The number of hydrogen-bond donors (Lipinski definition) is 4. The zero-order valence-corrected chi connectivity index (χ0v) is 21.0. The van der Waals surface area contributed by atoms with Crippen molar-refractivity contribution in [3.05, 3.63) is 76.9 Å². The van der Waals surface area contributed by atoms with E-state index in [9.17, 15) is 27.9 Å². The molecule has 6 nitrogen and oxygen atoms in total. The third-order valence-corrected chi connectivity index (χ3v) is 7.45. The molecule has 0 aromatic heterocycles. The minimum Gasteiger partial charge on any atom is -0.398 e. The molecule has 9 heteroatoms. The molecule has 2 aliphatic rings. The van der Waals surface area contributed by atoms with Crippen LogP contribution in [0, 0.1) is 5.92 Å². The topological polar surface area (TPSA) is 118 Å². The normalized spacial score (nSPS) is 18.2. The number of aliphatic hydroxyl groups is 1. The largest absolute Gasteiger partial charge is 0.418 e. The maximum Gasteiger partial charge on any atom is 0.418 e. The fourth-order valence-electron chi connectivity index (χ4n) is 5.40. The molecule has 0 aliphatic heterocycles. The van der Waals surface area contributed by atoms with E-state index in [1.54, 1.807) is 12.2 Å². The van der Waals surface area contributed by atoms with Gasteiger partial charge >= 0.3 is 6.18 Å². The Morgan fingerprint density at radius 3 is 2.47 bits per heavy atom. The second-order valence-electron chi connectivity index (χ2n) is 10.1. The second-order valence-corrected chi connectivity index (χ2v) is 10.1. The quantitative estimate of drug-likeness (QED) is 0.362. The van der Waals surface area contributed by atoms with Gasteiger partial charge in [-0.05, 0) is 72.6 Å². The lowest BCUT2D eigenvalue weighted by atomic mass is 9.73. The summed E-state index contributed by atoms with van der Waals surface area (Å²) in [7, 11) is 0. The number of carbonyl (C=O) groups is 2. The van der Waals surface area contributed by atoms with Gasteiger partial charge in [0, 0.05) is 23.4 Å². The number of alkyl halides is 3. The molecule has 2 aromatic carbocycles. The Balaban J connectivity index is 1.63. The highest BCUT2D eigenvalue weighted by Crippen LogP contribution is 2.38. The van der Waals surface area contributed by atoms with Crippen LogP contribution in [0.15, 0.2) is 60.2 Å². The Bertz CT molecular complexity index is 1280. The summed E-state index contributed by atoms with van der Waals surface area (Å²) in [5.41, 5.74) is 10.5. The van der Waals surface area contributed by atoms with E-state index < -0.39 is 34.8 Å². The van der Waals surface area contributed by atoms with Crippen LogP contribution in [0.25, 0.3) is 5.57 Å². The number of rotatable bonds is 7. The molecule has 0 radical (unpaired) electrons. The number of amides is 2. The van der Waals surface area contributed by atoms with Gasteiger partial charge in [-0.25, -0.2) is 0 Å². The molecule has 2 aliphatic carbocycles. The fraction of sp³-hybridized carbons (Fsp3) is 0.379. The third kappa shape index (κ3) is 6.10. The van der Waals surface area contributed by atoms with Crippen molar-refractivity contribution < 1.29 is 27.9 Å². The molecule has 1 fully saturated rings. The number of primary amides is 1. The van der Waals surface area contributed by atoms with Gasteiger partial charge in [0.2, 0.25) is 5.91 Å². The van der Waals surface area contributed by atoms with Gasteiger partial charge in [0.25, 0.3) is 5.91 Å². The van der Waals surface area contributed by atoms with Gasteiger partial charge in [0.1, 0.15) is 5.60 Å². The zero-order chi connectivity index (χ0) is 27.5. The molecular formula is C29H32F3N3O3. The fourth-order valence-corrected chi connectivity index (χ4v) is 5.40. The number of halogens is 3. The van der Waals surface area contributed by atoms with Crippen LogP contribution in [0.4, 0.5) is 24.5 Å². The Morgan fingerprint density at radius 2 is 1.79 bits per heavy atom. The molecular weight excluding hydrogens is 495 g/mol. The second kappa shape index (κ2) is 11.0. The molecule has 1 saturated carbocycles. The van der Waals surface area contributed by atoms with Crippen molar-refractivity contribution >= 4 is 28.8 Å². The molecule has 0 heterocycles. The monoisotopic (exact) mass is 527 g/mol. The third-order valence-electron chi connectivity index (χ3n) is 7.45. The average molecular weight is 528 g/mol. The molecule has 2 amide bonds. The van der Waals surface area contributed by atoms with E-state index in [1.807, 2.05) is 24.3 Å². The Labute approximate surface area is 219 Å². The average Bonchev–Trinajstić information content (AvgIpc) is 2.89. The van der Waals surface area contributed by atoms with E-state index in [0.29, 0.717) is 36.8 Å². The first-order valence-corrected chi connectivity index (χ1v) is 12.8. The van der Waals surface area contributed by atoms with Crippen LogP contribution in [0.2, 0.25) is 0 Å². The van der Waals surface area contributed by atoms with Crippen molar-refractivity contribution in [2.45, 2.75) is 63.1 Å². The summed E-state index contributed by atoms with van der Waals surface area (Å²) in [5.74, 6) is -1.60. The number of nitrogens with two attached hydrogens (primary N) is 2. The minimum atomic E-state index is -4.68. The van der Waals surface area contributed by atoms with Crippen LogP contribution in [0.1, 0.15) is 61.6 Å². The number of hydrogen-bond acceptors (Lipinski definition) is 4. The van der Waals surface area contributed by atoms with Crippen LogP contribution in [0.5, 0.6) is 0 Å². The van der Waals surface area contributed by atoms with Gasteiger partial charge in [-0.1, -0.05) is 49.6 Å². The lowest BCUT2D eigenvalue weighted by Gasteiger charge is -2.37. The standard InChI is InChI=1S/C29H32F3N3O3/c30-29(31,32)24-16-23(12-13-25(24)33)35-27(37)28(38,22-10-2-1-3-11-22)17-18-6-4-7-19(14-18)20-8-5-9-21(15-20)26(34)36/h4,6-7,9,12-16,22,38H,1-3,5,8,10-11,17,33H2,(H2,34,36)(H,35,37). The van der Waals surface area contributed by atoms with Gasteiger partial charge in [0.05, 0.1) is 5.56 Å². The van der Waals surface area contributed by atoms with Gasteiger partial charge < -0.3 is 21.9 Å². The number of allylic oxidation sites excluding steroid dienone is 2. The van der Waals surface area contributed by atoms with Crippen LogP contribution in [-0.2, 0) is 22.2 Å². The zero-order valence-electron chi connectivity index (χ0n) is 21.0. The highest BCUT2D eigenvalue weighted by Gasteiger charge is 2.44. The summed E-state index contributed by atoms with van der Waals surface area (Å²) >= 11 is 0. The van der Waals surface area contributed by atoms with E-state index in [-0.39, 0.29) is 18.0 Å². The molecule has 0 bridgehead atoms. The molecule has 202 valence electrons. The highest BCUT2D eigenvalue weighted by atomic mass is 19.4. The van der Waals surface area contributed by atoms with Crippen molar-refractivity contribution in [1.82, 2.24) is 0 Å². The van der Waals surface area contributed by atoms with E-state index in [0.717, 1.165) is 42.5 Å². The summed E-state index contributed by atoms with van der Waals surface area (Å²) in [5, 5.41) is 14.4. The van der Waals surface area contributed by atoms with Crippen molar-refractivity contribution in [3.8, 4) is 0 Å². The first kappa shape index (κ1) is 27.4. The molecule has 1 atom stereocenters. The maximum absolute atomic E-state index is 13.5. The summed E-state index contributed by atoms with van der Waals surface area (Å²) in [6.07, 6.45) is 4.23. The van der Waals surface area contributed by atoms with E-state index in [2.05, 4.69) is 5.32 Å². The van der Waals surface area contributed by atoms with Crippen molar-refractivity contribution in [2.75, 3.05) is 11.1 Å². The molecule has 4 rings (SSSR count). The number of benzene rings is 2. The summed E-state index contributed by atoms with van der Waals surface area (Å²) in [4.78, 5) is 25.2. The van der Waals surface area contributed by atoms with Gasteiger partial charge in [0.15, 0.2) is 0 Å². The molecule has 38 heavy (non-hydrogen) atoms. The number of anilines is 2. The van der Waals surface area contributed by atoms with Crippen molar-refractivity contribution in [1.29, 1.82) is 0 Å². The van der Waals surface area contributed by atoms with E-state index in [4.69, 9.17) is 11.5 Å². The molecule has 1 unspecified atom stereocenters. The van der Waals surface area contributed by atoms with Crippen LogP contribution >= 0.6 is 0 Å². The SMILES string of the molecule is NC(=O)C1=CCCC(c2cccc(CC(O)(C(=O)Nc3ccc(N)c(C(F)(F)F)c3)C3CCCCC3)c2)=C1. The molecule has 0 spiro atoms. The van der Waals surface area contributed by atoms with Gasteiger partial charge in [-0.3, -0.25) is 9.59 Å². The molecule has 2 aromatic rings. The summed E-state index contributed by atoms with van der Waals surface area (Å²) < 4.78 is 40.1. The Morgan fingerprint density at radius 1 is 1.05 bits per heavy atom. The number of carbonyl (C=O) groups excluding carboxylic acids is 2. The lowest BCUT2D eigenvalue weighted by Crippen LogP contribution is -2.51. The lowest BCUT2D eigenvalue weighted by molar-refractivity contribution is -0.142. The van der Waals surface area contributed by atoms with Crippen molar-refractivity contribution in [3.63, 3.8) is 0 Å². The maximum atomic E-state index is 13.5. The molecule has 0 saturated heterocycles. The highest BCUT2D eigenvalue weighted by molar-refractivity contribution is 5.98. The number of nitrogen functional groups attached to an aromatic ring is 1. The number of nitrogens with one attached hydrogen (secondary N) is 1. The van der Waals surface area contributed by atoms with E-state index in [1.165, 1.54) is 6.07 Å². The first-order chi connectivity index (χ1) is 18.0. The van der Waals surface area contributed by atoms with Crippen LogP contribution < -0.4 is 16.8 Å². The Kier molecular flexibility index (Phi) is 7.97. The molecule has 6 N–H and O–H groups in total. The van der Waals surface area contributed by atoms with E-state index >= 15 is 0 Å². The smallest absolute Gasteiger partial charge is 0.398 e. The predicted molar refractivity (Wildman–Crippen MR) is 141 cm³/mol. The van der Waals surface area contributed by atoms with Crippen LogP contribution in [0.3, 0.4) is 0 Å². The van der Waals surface area contributed by atoms with Gasteiger partial charge in [-0.2, -0.15) is 13.2 Å². The summed E-state index contributed by atoms with van der Waals surface area (Å²) in [6, 6.07) is 10.6. The van der Waals surface area contributed by atoms with Gasteiger partial charge in [-0.15, -0.1) is 0 Å². The Hall–Kier alpha value is -3.59.